The Balaban J connectivity index is 2.40. The van der Waals surface area contributed by atoms with Crippen LogP contribution < -0.4 is 10.6 Å². The minimum absolute atomic E-state index is 0.127. The molecule has 1 aliphatic rings. The molecule has 0 saturated carbocycles. The first-order valence-corrected chi connectivity index (χ1v) is 6.94. The molecule has 1 aliphatic heterocycles. The largest absolute Gasteiger partial charge is 0.480 e. The van der Waals surface area contributed by atoms with Crippen molar-refractivity contribution in [1.82, 2.24) is 15.5 Å². The maximum Gasteiger partial charge on any atom is 0.326 e. The van der Waals surface area contributed by atoms with E-state index in [2.05, 4.69) is 29.5 Å². The second-order valence-electron chi connectivity index (χ2n) is 5.35. The van der Waals surface area contributed by atoms with Crippen molar-refractivity contribution >= 4 is 12.0 Å². The van der Waals surface area contributed by atoms with Gasteiger partial charge in [0.15, 0.2) is 0 Å². The van der Waals surface area contributed by atoms with Gasteiger partial charge in [-0.3, -0.25) is 0 Å². The van der Waals surface area contributed by atoms with Crippen LogP contribution >= 0.6 is 0 Å². The van der Waals surface area contributed by atoms with E-state index in [9.17, 15) is 9.59 Å². The zero-order valence-electron chi connectivity index (χ0n) is 12.0. The van der Waals surface area contributed by atoms with E-state index in [1.54, 1.807) is 0 Å². The van der Waals surface area contributed by atoms with Crippen molar-refractivity contribution in [2.45, 2.75) is 57.7 Å². The van der Waals surface area contributed by atoms with Crippen LogP contribution in [0.1, 0.15) is 39.5 Å². The fourth-order valence-electron chi connectivity index (χ4n) is 2.35. The van der Waals surface area contributed by atoms with Crippen LogP contribution in [0.4, 0.5) is 4.79 Å². The quantitative estimate of drug-likeness (QED) is 0.697. The second-order valence-corrected chi connectivity index (χ2v) is 5.35. The van der Waals surface area contributed by atoms with Gasteiger partial charge in [-0.1, -0.05) is 13.3 Å². The Morgan fingerprint density at radius 3 is 2.68 bits per heavy atom. The number of aliphatic carboxylic acids is 1. The summed E-state index contributed by atoms with van der Waals surface area (Å²) in [5.41, 5.74) is 0. The smallest absolute Gasteiger partial charge is 0.326 e. The van der Waals surface area contributed by atoms with Gasteiger partial charge in [0.1, 0.15) is 6.04 Å². The van der Waals surface area contributed by atoms with E-state index < -0.39 is 12.0 Å². The third-order valence-electron chi connectivity index (χ3n) is 3.72. The molecular weight excluding hydrogens is 246 g/mol. The van der Waals surface area contributed by atoms with E-state index in [4.69, 9.17) is 5.11 Å². The van der Waals surface area contributed by atoms with Crippen molar-refractivity contribution in [1.29, 1.82) is 0 Å². The molecule has 0 spiro atoms. The van der Waals surface area contributed by atoms with E-state index in [0.29, 0.717) is 12.5 Å². The topological polar surface area (TPSA) is 81.7 Å². The van der Waals surface area contributed by atoms with E-state index in [1.165, 1.54) is 0 Å². The molecular formula is C13H25N3O3. The Hall–Kier alpha value is -1.30. The Morgan fingerprint density at radius 1 is 1.47 bits per heavy atom. The fourth-order valence-corrected chi connectivity index (χ4v) is 2.35. The summed E-state index contributed by atoms with van der Waals surface area (Å²) in [5, 5.41) is 14.4. The molecule has 0 aromatic carbocycles. The van der Waals surface area contributed by atoms with Crippen LogP contribution in [-0.4, -0.2) is 53.7 Å². The molecule has 0 aromatic rings. The van der Waals surface area contributed by atoms with Gasteiger partial charge < -0.3 is 20.6 Å². The molecule has 1 heterocycles. The van der Waals surface area contributed by atoms with E-state index in [0.717, 1.165) is 25.8 Å². The molecule has 3 N–H and O–H groups in total. The van der Waals surface area contributed by atoms with Gasteiger partial charge in [0.2, 0.25) is 0 Å². The Morgan fingerprint density at radius 2 is 2.16 bits per heavy atom. The normalized spacial score (nSPS) is 25.6. The molecule has 110 valence electrons. The maximum absolute atomic E-state index is 11.8. The molecule has 6 nitrogen and oxygen atoms in total. The molecule has 0 radical (unpaired) electrons. The first kappa shape index (κ1) is 15.8. The number of nitrogens with one attached hydrogen (secondary N) is 2. The summed E-state index contributed by atoms with van der Waals surface area (Å²) in [7, 11) is 2.07. The van der Waals surface area contributed by atoms with Crippen molar-refractivity contribution in [2.75, 3.05) is 13.6 Å². The summed E-state index contributed by atoms with van der Waals surface area (Å²) in [6.07, 6.45) is 2.98. The number of hydrogen-bond donors (Lipinski definition) is 3. The van der Waals surface area contributed by atoms with Crippen LogP contribution in [-0.2, 0) is 4.79 Å². The van der Waals surface area contributed by atoms with Gasteiger partial charge in [-0.2, -0.15) is 0 Å². The molecule has 0 aliphatic carbocycles. The first-order chi connectivity index (χ1) is 8.93. The lowest BCUT2D eigenvalue weighted by Crippen LogP contribution is -2.52. The van der Waals surface area contributed by atoms with Crippen LogP contribution in [0.2, 0.25) is 0 Å². The SMILES string of the molecule is CCCC(NC(=O)NC1CCN(C)C(C)C1)C(=O)O. The predicted octanol–water partition coefficient (Wildman–Crippen LogP) is 1.02. The summed E-state index contributed by atoms with van der Waals surface area (Å²) >= 11 is 0. The molecule has 19 heavy (non-hydrogen) atoms. The highest BCUT2D eigenvalue weighted by Crippen LogP contribution is 2.15. The van der Waals surface area contributed by atoms with Gasteiger partial charge in [0.25, 0.3) is 0 Å². The molecule has 1 rings (SSSR count). The molecule has 0 aromatic heterocycles. The lowest BCUT2D eigenvalue weighted by Gasteiger charge is -2.35. The van der Waals surface area contributed by atoms with Crippen LogP contribution in [0.5, 0.6) is 0 Å². The summed E-state index contributed by atoms with van der Waals surface area (Å²) in [6, 6.07) is -0.608. The van der Waals surface area contributed by atoms with Crippen molar-refractivity contribution in [3.05, 3.63) is 0 Å². The average Bonchev–Trinajstić information content (AvgIpc) is 2.33. The number of urea groups is 1. The Kier molecular flexibility index (Phi) is 6.08. The summed E-state index contributed by atoms with van der Waals surface area (Å²) < 4.78 is 0. The minimum Gasteiger partial charge on any atom is -0.480 e. The van der Waals surface area contributed by atoms with Gasteiger partial charge in [-0.05, 0) is 33.2 Å². The Bertz CT molecular complexity index is 322. The Labute approximate surface area is 114 Å². The number of nitrogens with zero attached hydrogens (tertiary/aromatic N) is 1. The van der Waals surface area contributed by atoms with Gasteiger partial charge in [-0.15, -0.1) is 0 Å². The molecule has 3 unspecified atom stereocenters. The van der Waals surface area contributed by atoms with Crippen LogP contribution in [0.25, 0.3) is 0 Å². The predicted molar refractivity (Wildman–Crippen MR) is 73.1 cm³/mol. The summed E-state index contributed by atoms with van der Waals surface area (Å²) in [6.45, 7) is 4.97. The third-order valence-corrected chi connectivity index (χ3v) is 3.72. The maximum atomic E-state index is 11.8. The number of carboxylic acids is 1. The highest BCUT2D eigenvalue weighted by Gasteiger charge is 2.25. The first-order valence-electron chi connectivity index (χ1n) is 6.94. The number of amides is 2. The van der Waals surface area contributed by atoms with E-state index >= 15 is 0 Å². The molecule has 6 heteroatoms. The number of carbonyl (C=O) groups is 2. The number of likely N-dealkylation sites (tertiary alicyclic amines) is 1. The van der Waals surface area contributed by atoms with Gasteiger partial charge in [-0.25, -0.2) is 9.59 Å². The number of carboxylic acid groups (broad SMARTS) is 1. The fraction of sp³-hybridized carbons (Fsp3) is 0.846. The summed E-state index contributed by atoms with van der Waals surface area (Å²) in [4.78, 5) is 25.0. The molecule has 3 atom stereocenters. The van der Waals surface area contributed by atoms with Gasteiger partial charge >= 0.3 is 12.0 Å². The van der Waals surface area contributed by atoms with Crippen LogP contribution in [0.15, 0.2) is 0 Å². The lowest BCUT2D eigenvalue weighted by molar-refractivity contribution is -0.139. The molecule has 1 saturated heterocycles. The zero-order chi connectivity index (χ0) is 14.4. The molecule has 1 fully saturated rings. The van der Waals surface area contributed by atoms with E-state index in [-0.39, 0.29) is 12.1 Å². The lowest BCUT2D eigenvalue weighted by atomic mass is 9.99. The summed E-state index contributed by atoms with van der Waals surface area (Å²) in [5.74, 6) is -0.978. The van der Waals surface area contributed by atoms with Crippen molar-refractivity contribution in [3.8, 4) is 0 Å². The second kappa shape index (κ2) is 7.33. The number of rotatable bonds is 5. The molecule has 2 amide bonds. The monoisotopic (exact) mass is 271 g/mol. The number of hydrogen-bond acceptors (Lipinski definition) is 3. The number of piperidine rings is 1. The van der Waals surface area contributed by atoms with Crippen molar-refractivity contribution < 1.29 is 14.7 Å². The van der Waals surface area contributed by atoms with Crippen molar-refractivity contribution in [3.63, 3.8) is 0 Å². The zero-order valence-corrected chi connectivity index (χ0v) is 12.0. The molecule has 0 bridgehead atoms. The van der Waals surface area contributed by atoms with E-state index in [1.807, 2.05) is 6.92 Å². The third kappa shape index (κ3) is 5.06. The van der Waals surface area contributed by atoms with Gasteiger partial charge in [0.05, 0.1) is 0 Å². The average molecular weight is 271 g/mol. The van der Waals surface area contributed by atoms with Gasteiger partial charge in [0, 0.05) is 18.6 Å². The van der Waals surface area contributed by atoms with Crippen LogP contribution in [0, 0.1) is 0 Å². The number of carbonyl (C=O) groups excluding carboxylic acids is 1. The minimum atomic E-state index is -0.978. The highest BCUT2D eigenvalue weighted by atomic mass is 16.4. The van der Waals surface area contributed by atoms with Crippen LogP contribution in [0.3, 0.4) is 0 Å². The standard InChI is InChI=1S/C13H25N3O3/c1-4-5-11(12(17)18)15-13(19)14-10-6-7-16(3)9(2)8-10/h9-11H,4-8H2,1-3H3,(H,17,18)(H2,14,15,19). The van der Waals surface area contributed by atoms with Crippen molar-refractivity contribution in [2.24, 2.45) is 0 Å². The highest BCUT2D eigenvalue weighted by molar-refractivity contribution is 5.82.